The molecule has 0 aliphatic rings. The Kier molecular flexibility index (Phi) is 8.82. The van der Waals surface area contributed by atoms with E-state index in [2.05, 4.69) is 5.32 Å². The summed E-state index contributed by atoms with van der Waals surface area (Å²) in [7, 11) is 0. The summed E-state index contributed by atoms with van der Waals surface area (Å²) in [5.74, 6) is -1.62. The summed E-state index contributed by atoms with van der Waals surface area (Å²) in [5, 5.41) is 12.0. The number of aryl methyl sites for hydroxylation is 2. The molecule has 0 radical (unpaired) electrons. The van der Waals surface area contributed by atoms with E-state index in [4.69, 9.17) is 0 Å². The van der Waals surface area contributed by atoms with E-state index in [0.717, 1.165) is 24.0 Å². The number of carbonyl (C=O) groups is 3. The van der Waals surface area contributed by atoms with Crippen molar-refractivity contribution in [3.05, 3.63) is 34.9 Å². The summed E-state index contributed by atoms with van der Waals surface area (Å²) >= 11 is 0. The average Bonchev–Trinajstić information content (AvgIpc) is 2.59. The van der Waals surface area contributed by atoms with E-state index in [1.807, 2.05) is 33.8 Å². The molecule has 0 aliphatic heterocycles. The van der Waals surface area contributed by atoms with Gasteiger partial charge in [-0.15, -0.1) is 0 Å². The predicted octanol–water partition coefficient (Wildman–Crippen LogP) is 2.97. The first kappa shape index (κ1) is 21.7. The number of carboxylic acid groups (broad SMARTS) is 1. The summed E-state index contributed by atoms with van der Waals surface area (Å²) in [4.78, 5) is 37.7. The molecule has 0 fully saturated rings. The molecule has 1 rings (SSSR count). The maximum Gasteiger partial charge on any atom is 0.330 e. The van der Waals surface area contributed by atoms with Gasteiger partial charge in [-0.3, -0.25) is 9.59 Å². The Morgan fingerprint density at radius 1 is 1.04 bits per heavy atom. The highest BCUT2D eigenvalue weighted by molar-refractivity contribution is 5.87. The minimum Gasteiger partial charge on any atom is -0.479 e. The highest BCUT2D eigenvalue weighted by Gasteiger charge is 2.23. The van der Waals surface area contributed by atoms with E-state index in [0.29, 0.717) is 18.7 Å². The summed E-state index contributed by atoms with van der Waals surface area (Å²) in [6.07, 6.45) is 1.81. The second kappa shape index (κ2) is 10.6. The lowest BCUT2D eigenvalue weighted by Crippen LogP contribution is -2.36. The van der Waals surface area contributed by atoms with E-state index in [-0.39, 0.29) is 18.7 Å². The van der Waals surface area contributed by atoms with E-state index < -0.39 is 17.9 Å². The molecule has 0 saturated carbocycles. The van der Waals surface area contributed by atoms with Gasteiger partial charge in [0.2, 0.25) is 11.8 Å². The molecule has 26 heavy (non-hydrogen) atoms. The van der Waals surface area contributed by atoms with Crippen molar-refractivity contribution in [1.82, 2.24) is 10.2 Å². The van der Waals surface area contributed by atoms with Crippen LogP contribution >= 0.6 is 0 Å². The van der Waals surface area contributed by atoms with Gasteiger partial charge in [0.1, 0.15) is 0 Å². The molecular formula is C20H30N2O4. The first-order valence-electron chi connectivity index (χ1n) is 9.17. The number of hydrogen-bond acceptors (Lipinski definition) is 3. The van der Waals surface area contributed by atoms with Crippen molar-refractivity contribution in [2.45, 2.75) is 59.4 Å². The van der Waals surface area contributed by atoms with Gasteiger partial charge in [0.05, 0.1) is 0 Å². The summed E-state index contributed by atoms with van der Waals surface area (Å²) < 4.78 is 0. The van der Waals surface area contributed by atoms with E-state index in [1.165, 1.54) is 0 Å². The molecule has 1 atom stereocenters. The highest BCUT2D eigenvalue weighted by atomic mass is 16.4. The van der Waals surface area contributed by atoms with Gasteiger partial charge < -0.3 is 15.3 Å². The zero-order valence-electron chi connectivity index (χ0n) is 16.2. The number of amides is 2. The third-order valence-electron chi connectivity index (χ3n) is 4.32. The fraction of sp³-hybridized carbons (Fsp3) is 0.550. The van der Waals surface area contributed by atoms with Crippen molar-refractivity contribution >= 4 is 17.8 Å². The van der Waals surface area contributed by atoms with Crippen molar-refractivity contribution in [1.29, 1.82) is 0 Å². The Morgan fingerprint density at radius 2 is 1.65 bits per heavy atom. The monoisotopic (exact) mass is 362 g/mol. The zero-order chi connectivity index (χ0) is 19.7. The second-order valence-electron chi connectivity index (χ2n) is 6.56. The molecular weight excluding hydrogens is 332 g/mol. The molecule has 0 aliphatic carbocycles. The molecule has 0 aromatic heterocycles. The molecule has 0 bridgehead atoms. The van der Waals surface area contributed by atoms with Crippen molar-refractivity contribution in [3.8, 4) is 0 Å². The molecule has 1 aromatic rings. The van der Waals surface area contributed by atoms with Crippen molar-refractivity contribution in [3.63, 3.8) is 0 Å². The van der Waals surface area contributed by atoms with Crippen LogP contribution in [-0.4, -0.2) is 40.9 Å². The Balaban J connectivity index is 2.69. The van der Waals surface area contributed by atoms with Gasteiger partial charge >= 0.3 is 5.97 Å². The van der Waals surface area contributed by atoms with Gasteiger partial charge in [0.25, 0.3) is 0 Å². The van der Waals surface area contributed by atoms with Crippen molar-refractivity contribution < 1.29 is 19.5 Å². The number of nitrogens with one attached hydrogen (secondary N) is 1. The number of benzene rings is 1. The molecule has 2 amide bonds. The van der Waals surface area contributed by atoms with Gasteiger partial charge in [-0.05, 0) is 43.4 Å². The average molecular weight is 362 g/mol. The van der Waals surface area contributed by atoms with Crippen LogP contribution in [0.15, 0.2) is 18.2 Å². The van der Waals surface area contributed by atoms with E-state index in [1.54, 1.807) is 17.0 Å². The lowest BCUT2D eigenvalue weighted by atomic mass is 10.0. The highest BCUT2D eigenvalue weighted by Crippen LogP contribution is 2.18. The number of nitrogens with zero attached hydrogens (tertiary/aromatic N) is 1. The standard InChI is InChI=1S/C20H30N2O4/c1-5-11-22(12-6-2)18(24)10-9-17(23)21-19(20(25)26)16-8-7-14(3)15(4)13-16/h7-8,13,19H,5-6,9-12H2,1-4H3,(H,21,23)(H,25,26). The number of aliphatic carboxylic acids is 1. The van der Waals surface area contributed by atoms with Crippen LogP contribution in [0.25, 0.3) is 0 Å². The van der Waals surface area contributed by atoms with Crippen LogP contribution in [0, 0.1) is 13.8 Å². The number of carboxylic acids is 1. The number of rotatable bonds is 10. The molecule has 1 unspecified atom stereocenters. The topological polar surface area (TPSA) is 86.7 Å². The van der Waals surface area contributed by atoms with Gasteiger partial charge in [-0.1, -0.05) is 32.0 Å². The minimum atomic E-state index is -1.12. The first-order valence-corrected chi connectivity index (χ1v) is 9.17. The van der Waals surface area contributed by atoms with E-state index >= 15 is 0 Å². The summed E-state index contributed by atoms with van der Waals surface area (Å²) in [6, 6.07) is 4.20. The Labute approximate surface area is 155 Å². The van der Waals surface area contributed by atoms with Gasteiger partial charge in [0.15, 0.2) is 6.04 Å². The SMILES string of the molecule is CCCN(CCC)C(=O)CCC(=O)NC(C(=O)O)c1ccc(C)c(C)c1. The van der Waals surface area contributed by atoms with Crippen molar-refractivity contribution in [2.24, 2.45) is 0 Å². The lowest BCUT2D eigenvalue weighted by molar-refractivity contribution is -0.142. The molecule has 0 spiro atoms. The fourth-order valence-corrected chi connectivity index (χ4v) is 2.74. The van der Waals surface area contributed by atoms with Crippen LogP contribution in [0.4, 0.5) is 0 Å². The second-order valence-corrected chi connectivity index (χ2v) is 6.56. The summed E-state index contributed by atoms with van der Waals surface area (Å²) in [5.41, 5.74) is 2.55. The summed E-state index contributed by atoms with van der Waals surface area (Å²) in [6.45, 7) is 9.20. The molecule has 6 nitrogen and oxygen atoms in total. The third-order valence-corrected chi connectivity index (χ3v) is 4.32. The van der Waals surface area contributed by atoms with Crippen molar-refractivity contribution in [2.75, 3.05) is 13.1 Å². The minimum absolute atomic E-state index is 0.0165. The Morgan fingerprint density at radius 3 is 2.15 bits per heavy atom. The van der Waals surface area contributed by atoms with Gasteiger partial charge in [-0.2, -0.15) is 0 Å². The predicted molar refractivity (Wildman–Crippen MR) is 101 cm³/mol. The number of carbonyl (C=O) groups excluding carboxylic acids is 2. The van der Waals surface area contributed by atoms with Crippen LogP contribution < -0.4 is 5.32 Å². The van der Waals surface area contributed by atoms with Crippen LogP contribution in [-0.2, 0) is 14.4 Å². The van der Waals surface area contributed by atoms with Crippen LogP contribution in [0.5, 0.6) is 0 Å². The lowest BCUT2D eigenvalue weighted by Gasteiger charge is -2.21. The van der Waals surface area contributed by atoms with Crippen LogP contribution in [0.1, 0.15) is 62.3 Å². The number of hydrogen-bond donors (Lipinski definition) is 2. The quantitative estimate of drug-likeness (QED) is 0.670. The molecule has 0 saturated heterocycles. The normalized spacial score (nSPS) is 11.7. The molecule has 6 heteroatoms. The van der Waals surface area contributed by atoms with Gasteiger partial charge in [-0.25, -0.2) is 4.79 Å². The van der Waals surface area contributed by atoms with E-state index in [9.17, 15) is 19.5 Å². The maximum absolute atomic E-state index is 12.2. The third kappa shape index (κ3) is 6.50. The largest absolute Gasteiger partial charge is 0.479 e. The Bertz CT molecular complexity index is 637. The maximum atomic E-state index is 12.2. The molecule has 144 valence electrons. The van der Waals surface area contributed by atoms with Gasteiger partial charge in [0, 0.05) is 25.9 Å². The first-order chi connectivity index (χ1) is 12.3. The molecule has 2 N–H and O–H groups in total. The fourth-order valence-electron chi connectivity index (χ4n) is 2.74. The molecule has 1 aromatic carbocycles. The van der Waals surface area contributed by atoms with Crippen LogP contribution in [0.3, 0.4) is 0 Å². The smallest absolute Gasteiger partial charge is 0.330 e. The molecule has 0 heterocycles. The van der Waals surface area contributed by atoms with Crippen LogP contribution in [0.2, 0.25) is 0 Å². The Hall–Kier alpha value is -2.37. The zero-order valence-corrected chi connectivity index (χ0v) is 16.2.